The van der Waals surface area contributed by atoms with E-state index in [-0.39, 0.29) is 5.78 Å². The Morgan fingerprint density at radius 3 is 2.00 bits per heavy atom. The summed E-state index contributed by atoms with van der Waals surface area (Å²) in [7, 11) is 4.41. The fourth-order valence-corrected chi connectivity index (χ4v) is 2.86. The normalized spacial score (nSPS) is 10.4. The lowest BCUT2D eigenvalue weighted by Gasteiger charge is -2.13. The first kappa shape index (κ1) is 19.2. The van der Waals surface area contributed by atoms with Gasteiger partial charge in [0.1, 0.15) is 0 Å². The third-order valence-electron chi connectivity index (χ3n) is 4.31. The van der Waals surface area contributed by atoms with E-state index in [1.54, 1.807) is 12.1 Å². The molecule has 0 aliphatic rings. The zero-order valence-electron chi connectivity index (χ0n) is 15.9. The molecule has 3 aromatic carbocycles. The van der Waals surface area contributed by atoms with E-state index in [4.69, 9.17) is 18.9 Å². The highest BCUT2D eigenvalue weighted by Gasteiger charge is 2.18. The molecule has 0 fully saturated rings. The SMILES string of the molecule is COc1cc(C(=O)COC(=O)c2ccc3ccccc3c2)cc(OC)c1OC. The molecule has 0 spiro atoms. The summed E-state index contributed by atoms with van der Waals surface area (Å²) >= 11 is 0. The number of methoxy groups -OCH3 is 3. The molecule has 0 unspecified atom stereocenters. The number of rotatable bonds is 7. The fraction of sp³-hybridized carbons (Fsp3) is 0.182. The van der Waals surface area contributed by atoms with Crippen LogP contribution in [0.15, 0.2) is 54.6 Å². The highest BCUT2D eigenvalue weighted by Crippen LogP contribution is 2.38. The van der Waals surface area contributed by atoms with Crippen LogP contribution in [0.1, 0.15) is 20.7 Å². The van der Waals surface area contributed by atoms with Crippen molar-refractivity contribution < 1.29 is 28.5 Å². The van der Waals surface area contributed by atoms with Gasteiger partial charge < -0.3 is 18.9 Å². The molecule has 3 rings (SSSR count). The van der Waals surface area contributed by atoms with Gasteiger partial charge in [-0.2, -0.15) is 0 Å². The molecular formula is C22H20O6. The molecule has 0 amide bonds. The Bertz CT molecular complexity index is 999. The maximum atomic E-state index is 12.5. The number of esters is 1. The average molecular weight is 380 g/mol. The molecule has 0 bridgehead atoms. The van der Waals surface area contributed by atoms with Crippen molar-refractivity contribution in [3.05, 3.63) is 65.7 Å². The van der Waals surface area contributed by atoms with Crippen molar-refractivity contribution in [3.8, 4) is 17.2 Å². The Kier molecular flexibility index (Phi) is 5.79. The molecule has 0 aliphatic heterocycles. The van der Waals surface area contributed by atoms with Crippen LogP contribution in [0, 0.1) is 0 Å². The van der Waals surface area contributed by atoms with Gasteiger partial charge in [-0.15, -0.1) is 0 Å². The van der Waals surface area contributed by atoms with Gasteiger partial charge in [-0.1, -0.05) is 30.3 Å². The van der Waals surface area contributed by atoms with Gasteiger partial charge >= 0.3 is 5.97 Å². The first-order valence-electron chi connectivity index (χ1n) is 8.56. The van der Waals surface area contributed by atoms with Gasteiger partial charge in [0.25, 0.3) is 0 Å². The topological polar surface area (TPSA) is 71.1 Å². The average Bonchev–Trinajstić information content (AvgIpc) is 2.75. The summed E-state index contributed by atoms with van der Waals surface area (Å²) in [5.41, 5.74) is 0.678. The second-order valence-corrected chi connectivity index (χ2v) is 5.98. The molecule has 0 saturated carbocycles. The Balaban J connectivity index is 1.74. The molecule has 0 aliphatic carbocycles. The van der Waals surface area contributed by atoms with E-state index in [0.717, 1.165) is 10.8 Å². The molecule has 0 atom stereocenters. The minimum Gasteiger partial charge on any atom is -0.493 e. The maximum Gasteiger partial charge on any atom is 0.338 e. The van der Waals surface area contributed by atoms with E-state index >= 15 is 0 Å². The van der Waals surface area contributed by atoms with Gasteiger partial charge in [0.2, 0.25) is 11.5 Å². The van der Waals surface area contributed by atoms with E-state index < -0.39 is 12.6 Å². The Labute approximate surface area is 162 Å². The number of Topliss-reactive ketones (excluding diaryl/α,β-unsaturated/α-hetero) is 1. The predicted octanol–water partition coefficient (Wildman–Crippen LogP) is 3.91. The molecule has 0 aromatic heterocycles. The fourth-order valence-electron chi connectivity index (χ4n) is 2.86. The highest BCUT2D eigenvalue weighted by atomic mass is 16.5. The third kappa shape index (κ3) is 3.91. The molecule has 0 heterocycles. The van der Waals surface area contributed by atoms with Crippen LogP contribution in [0.4, 0.5) is 0 Å². The maximum absolute atomic E-state index is 12.5. The van der Waals surface area contributed by atoms with E-state index in [1.165, 1.54) is 33.5 Å². The molecule has 6 nitrogen and oxygen atoms in total. The van der Waals surface area contributed by atoms with Crippen molar-refractivity contribution in [3.63, 3.8) is 0 Å². The Morgan fingerprint density at radius 2 is 1.39 bits per heavy atom. The van der Waals surface area contributed by atoms with E-state index in [9.17, 15) is 9.59 Å². The number of hydrogen-bond acceptors (Lipinski definition) is 6. The molecule has 3 aromatic rings. The second kappa shape index (κ2) is 8.43. The molecular weight excluding hydrogens is 360 g/mol. The Hall–Kier alpha value is -3.54. The van der Waals surface area contributed by atoms with Crippen molar-refractivity contribution in [2.24, 2.45) is 0 Å². The molecule has 28 heavy (non-hydrogen) atoms. The monoisotopic (exact) mass is 380 g/mol. The second-order valence-electron chi connectivity index (χ2n) is 5.98. The minimum absolute atomic E-state index is 0.292. The first-order valence-corrected chi connectivity index (χ1v) is 8.56. The summed E-state index contributed by atoms with van der Waals surface area (Å²) in [6, 6.07) is 16.0. The lowest BCUT2D eigenvalue weighted by atomic mass is 10.1. The van der Waals surface area contributed by atoms with Crippen molar-refractivity contribution in [2.45, 2.75) is 0 Å². The summed E-state index contributed by atoms with van der Waals surface area (Å²) in [4.78, 5) is 24.8. The van der Waals surface area contributed by atoms with Gasteiger partial charge in [-0.25, -0.2) is 4.79 Å². The number of hydrogen-bond donors (Lipinski definition) is 0. The van der Waals surface area contributed by atoms with Crippen LogP contribution >= 0.6 is 0 Å². The lowest BCUT2D eigenvalue weighted by Crippen LogP contribution is -2.14. The summed E-state index contributed by atoms with van der Waals surface area (Å²) in [5.74, 6) is 0.145. The van der Waals surface area contributed by atoms with Crippen LogP contribution in [0.3, 0.4) is 0 Å². The van der Waals surface area contributed by atoms with Gasteiger partial charge in [0.15, 0.2) is 18.1 Å². The molecule has 6 heteroatoms. The number of ketones is 1. The summed E-state index contributed by atoms with van der Waals surface area (Å²) < 4.78 is 20.9. The van der Waals surface area contributed by atoms with Crippen LogP contribution in [-0.4, -0.2) is 39.7 Å². The van der Waals surface area contributed by atoms with Crippen LogP contribution in [0.5, 0.6) is 17.2 Å². The number of fused-ring (bicyclic) bond motifs is 1. The van der Waals surface area contributed by atoms with Crippen LogP contribution in [-0.2, 0) is 4.74 Å². The van der Waals surface area contributed by atoms with Gasteiger partial charge in [-0.05, 0) is 35.0 Å². The quantitative estimate of drug-likeness (QED) is 0.457. The standard InChI is InChI=1S/C22H20O6/c1-25-19-11-17(12-20(26-2)21(19)27-3)18(23)13-28-22(24)16-9-8-14-6-4-5-7-15(14)10-16/h4-12H,13H2,1-3H3. The van der Waals surface area contributed by atoms with E-state index in [0.29, 0.717) is 28.4 Å². The lowest BCUT2D eigenvalue weighted by molar-refractivity contribution is 0.0475. The van der Waals surface area contributed by atoms with Gasteiger partial charge in [0, 0.05) is 5.56 Å². The predicted molar refractivity (Wildman–Crippen MR) is 105 cm³/mol. The zero-order chi connectivity index (χ0) is 20.1. The van der Waals surface area contributed by atoms with Gasteiger partial charge in [-0.3, -0.25) is 4.79 Å². The van der Waals surface area contributed by atoms with Crippen molar-refractivity contribution >= 4 is 22.5 Å². The first-order chi connectivity index (χ1) is 13.6. The largest absolute Gasteiger partial charge is 0.493 e. The van der Waals surface area contributed by atoms with E-state index in [2.05, 4.69) is 0 Å². The molecule has 144 valence electrons. The molecule has 0 saturated heterocycles. The van der Waals surface area contributed by atoms with Gasteiger partial charge in [0.05, 0.1) is 26.9 Å². The number of carbonyl (C=O) groups excluding carboxylic acids is 2. The number of ether oxygens (including phenoxy) is 4. The van der Waals surface area contributed by atoms with Crippen LogP contribution in [0.25, 0.3) is 10.8 Å². The molecule has 0 N–H and O–H groups in total. The smallest absolute Gasteiger partial charge is 0.338 e. The number of benzene rings is 3. The van der Waals surface area contributed by atoms with Crippen LogP contribution < -0.4 is 14.2 Å². The van der Waals surface area contributed by atoms with Crippen molar-refractivity contribution in [1.29, 1.82) is 0 Å². The summed E-state index contributed by atoms with van der Waals surface area (Å²) in [5, 5.41) is 1.94. The minimum atomic E-state index is -0.563. The summed E-state index contributed by atoms with van der Waals surface area (Å²) in [6.07, 6.45) is 0. The highest BCUT2D eigenvalue weighted by molar-refractivity contribution is 6.01. The van der Waals surface area contributed by atoms with Crippen molar-refractivity contribution in [2.75, 3.05) is 27.9 Å². The third-order valence-corrected chi connectivity index (χ3v) is 4.31. The summed E-state index contributed by atoms with van der Waals surface area (Å²) in [6.45, 7) is -0.399. The number of carbonyl (C=O) groups is 2. The van der Waals surface area contributed by atoms with Crippen molar-refractivity contribution in [1.82, 2.24) is 0 Å². The van der Waals surface area contributed by atoms with Crippen LogP contribution in [0.2, 0.25) is 0 Å². The Morgan fingerprint density at radius 1 is 0.750 bits per heavy atom. The van der Waals surface area contributed by atoms with E-state index in [1.807, 2.05) is 30.3 Å². The molecule has 0 radical (unpaired) electrons. The zero-order valence-corrected chi connectivity index (χ0v) is 15.9.